The third-order valence-corrected chi connectivity index (χ3v) is 4.68. The van der Waals surface area contributed by atoms with Gasteiger partial charge in [0, 0.05) is 13.1 Å². The van der Waals surface area contributed by atoms with E-state index in [1.807, 2.05) is 25.7 Å². The molecule has 1 unspecified atom stereocenters. The molecule has 0 radical (unpaired) electrons. The molecule has 0 spiro atoms. The van der Waals surface area contributed by atoms with Gasteiger partial charge in [0.15, 0.2) is 0 Å². The highest BCUT2D eigenvalue weighted by molar-refractivity contribution is 5.69. The predicted molar refractivity (Wildman–Crippen MR) is 99.5 cm³/mol. The fourth-order valence-corrected chi connectivity index (χ4v) is 3.43. The Morgan fingerprint density at radius 1 is 1.28 bits per heavy atom. The first-order valence-corrected chi connectivity index (χ1v) is 9.40. The minimum Gasteiger partial charge on any atom is -0.486 e. The first kappa shape index (κ1) is 17.9. The molecule has 1 amide bonds. The van der Waals surface area contributed by atoms with Crippen LogP contribution >= 0.6 is 0 Å². The van der Waals surface area contributed by atoms with Crippen molar-refractivity contribution in [2.45, 2.75) is 65.1 Å². The molecule has 0 aromatic heterocycles. The molecule has 1 N–H and O–H groups in total. The topological polar surface area (TPSA) is 50.8 Å². The van der Waals surface area contributed by atoms with Crippen LogP contribution in [0, 0.1) is 0 Å². The summed E-state index contributed by atoms with van der Waals surface area (Å²) >= 11 is 0. The van der Waals surface area contributed by atoms with E-state index >= 15 is 0 Å². The average Bonchev–Trinajstić information content (AvgIpc) is 2.73. The molecule has 0 bridgehead atoms. The average molecular weight is 346 g/mol. The second kappa shape index (κ2) is 7.14. The number of carbonyl (C=O) groups excluding carboxylic acids is 1. The van der Waals surface area contributed by atoms with E-state index in [4.69, 9.17) is 9.47 Å². The summed E-state index contributed by atoms with van der Waals surface area (Å²) < 4.78 is 11.7. The van der Waals surface area contributed by atoms with Gasteiger partial charge in [0.1, 0.15) is 17.5 Å². The summed E-state index contributed by atoms with van der Waals surface area (Å²) in [5.41, 5.74) is 3.21. The zero-order valence-corrected chi connectivity index (χ0v) is 15.9. The fourth-order valence-electron chi connectivity index (χ4n) is 3.43. The van der Waals surface area contributed by atoms with Gasteiger partial charge in [-0.3, -0.25) is 0 Å². The Labute approximate surface area is 150 Å². The molecule has 0 saturated carbocycles. The maximum absolute atomic E-state index is 12.4. The van der Waals surface area contributed by atoms with Crippen molar-refractivity contribution in [2.24, 2.45) is 0 Å². The molecule has 25 heavy (non-hydrogen) atoms. The third-order valence-electron chi connectivity index (χ3n) is 4.68. The highest BCUT2D eigenvalue weighted by Gasteiger charge is 2.26. The standard InChI is InChI=1S/C20H30N2O3/c1-5-6-16-13-21-17-11-14-7-9-22(19(23)25-20(2,3)4)10-8-15(14)12-18(17)24-16/h11-12,16,21H,5-10,13H2,1-4H3. The lowest BCUT2D eigenvalue weighted by Crippen LogP contribution is -2.38. The second-order valence-corrected chi connectivity index (χ2v) is 7.99. The van der Waals surface area contributed by atoms with Crippen LogP contribution in [0.2, 0.25) is 0 Å². The number of anilines is 1. The lowest BCUT2D eigenvalue weighted by molar-refractivity contribution is 0.0258. The van der Waals surface area contributed by atoms with Crippen LogP contribution in [0.25, 0.3) is 0 Å². The van der Waals surface area contributed by atoms with Gasteiger partial charge in [-0.1, -0.05) is 13.3 Å². The molecular weight excluding hydrogens is 316 g/mol. The highest BCUT2D eigenvalue weighted by Crippen LogP contribution is 2.34. The van der Waals surface area contributed by atoms with Crippen LogP contribution in [0.3, 0.4) is 0 Å². The molecule has 1 aromatic carbocycles. The number of carbonyl (C=O) groups is 1. The van der Waals surface area contributed by atoms with Gasteiger partial charge < -0.3 is 19.7 Å². The Bertz CT molecular complexity index is 637. The summed E-state index contributed by atoms with van der Waals surface area (Å²) in [6, 6.07) is 4.36. The van der Waals surface area contributed by atoms with Gasteiger partial charge in [0.05, 0.1) is 12.2 Å². The van der Waals surface area contributed by atoms with Crippen LogP contribution in [-0.4, -0.2) is 42.3 Å². The molecule has 138 valence electrons. The molecule has 5 nitrogen and oxygen atoms in total. The fraction of sp³-hybridized carbons (Fsp3) is 0.650. The van der Waals surface area contributed by atoms with Crippen molar-refractivity contribution in [3.63, 3.8) is 0 Å². The van der Waals surface area contributed by atoms with Crippen molar-refractivity contribution in [2.75, 3.05) is 25.0 Å². The van der Waals surface area contributed by atoms with Crippen LogP contribution in [0.5, 0.6) is 5.75 Å². The van der Waals surface area contributed by atoms with Gasteiger partial charge >= 0.3 is 6.09 Å². The Hall–Kier alpha value is -1.91. The molecule has 1 atom stereocenters. The molecule has 2 aliphatic heterocycles. The number of nitrogens with one attached hydrogen (secondary N) is 1. The Balaban J connectivity index is 1.71. The van der Waals surface area contributed by atoms with E-state index in [0.29, 0.717) is 13.1 Å². The van der Waals surface area contributed by atoms with E-state index in [1.165, 1.54) is 11.1 Å². The van der Waals surface area contributed by atoms with E-state index in [0.717, 1.165) is 43.7 Å². The van der Waals surface area contributed by atoms with Gasteiger partial charge in [0.25, 0.3) is 0 Å². The largest absolute Gasteiger partial charge is 0.486 e. The lowest BCUT2D eigenvalue weighted by Gasteiger charge is -2.28. The van der Waals surface area contributed by atoms with E-state index in [-0.39, 0.29) is 12.2 Å². The molecule has 5 heteroatoms. The summed E-state index contributed by atoms with van der Waals surface area (Å²) in [6.45, 7) is 10.1. The van der Waals surface area contributed by atoms with Gasteiger partial charge in [-0.05, 0) is 63.3 Å². The second-order valence-electron chi connectivity index (χ2n) is 7.99. The summed E-state index contributed by atoms with van der Waals surface area (Å²) in [6.07, 6.45) is 3.90. The molecule has 3 rings (SSSR count). The highest BCUT2D eigenvalue weighted by atomic mass is 16.6. The van der Waals surface area contributed by atoms with Crippen LogP contribution in [0.4, 0.5) is 10.5 Å². The number of amides is 1. The van der Waals surface area contributed by atoms with Crippen molar-refractivity contribution in [3.8, 4) is 5.75 Å². The van der Waals surface area contributed by atoms with Crippen molar-refractivity contribution in [1.29, 1.82) is 0 Å². The van der Waals surface area contributed by atoms with Crippen molar-refractivity contribution in [3.05, 3.63) is 23.3 Å². The van der Waals surface area contributed by atoms with Gasteiger partial charge in [-0.2, -0.15) is 0 Å². The third kappa shape index (κ3) is 4.39. The smallest absolute Gasteiger partial charge is 0.410 e. The molecule has 1 aromatic rings. The minimum absolute atomic E-state index is 0.220. The number of hydrogen-bond donors (Lipinski definition) is 1. The Morgan fingerprint density at radius 3 is 2.60 bits per heavy atom. The summed E-state index contributed by atoms with van der Waals surface area (Å²) in [7, 11) is 0. The van der Waals surface area contributed by atoms with Crippen LogP contribution < -0.4 is 10.1 Å². The predicted octanol–water partition coefficient (Wildman–Crippen LogP) is 4.00. The summed E-state index contributed by atoms with van der Waals surface area (Å²) in [5, 5.41) is 3.50. The van der Waals surface area contributed by atoms with Gasteiger partial charge in [-0.25, -0.2) is 4.79 Å². The number of fused-ring (bicyclic) bond motifs is 2. The maximum Gasteiger partial charge on any atom is 0.410 e. The van der Waals surface area contributed by atoms with Crippen molar-refractivity contribution in [1.82, 2.24) is 4.90 Å². The molecule has 0 saturated heterocycles. The Morgan fingerprint density at radius 2 is 1.96 bits per heavy atom. The Kier molecular flexibility index (Phi) is 5.11. The van der Waals surface area contributed by atoms with Crippen LogP contribution in [-0.2, 0) is 17.6 Å². The molecule has 0 fully saturated rings. The number of rotatable bonds is 2. The van der Waals surface area contributed by atoms with E-state index in [2.05, 4.69) is 24.4 Å². The molecule has 2 heterocycles. The zero-order chi connectivity index (χ0) is 18.0. The van der Waals surface area contributed by atoms with E-state index < -0.39 is 5.60 Å². The maximum atomic E-state index is 12.4. The summed E-state index contributed by atoms with van der Waals surface area (Å²) in [4.78, 5) is 14.2. The van der Waals surface area contributed by atoms with Gasteiger partial charge in [0.2, 0.25) is 0 Å². The molecule has 0 aliphatic carbocycles. The normalized spacial score (nSPS) is 19.8. The van der Waals surface area contributed by atoms with E-state index in [9.17, 15) is 4.79 Å². The van der Waals surface area contributed by atoms with E-state index in [1.54, 1.807) is 0 Å². The van der Waals surface area contributed by atoms with Crippen molar-refractivity contribution < 1.29 is 14.3 Å². The lowest BCUT2D eigenvalue weighted by atomic mass is 10.0. The van der Waals surface area contributed by atoms with Crippen molar-refractivity contribution >= 4 is 11.8 Å². The zero-order valence-electron chi connectivity index (χ0n) is 15.9. The van der Waals surface area contributed by atoms with Crippen LogP contribution in [0.1, 0.15) is 51.7 Å². The SMILES string of the molecule is CCCC1CNc2cc3c(cc2O1)CCN(C(=O)OC(C)(C)C)CC3. The monoisotopic (exact) mass is 346 g/mol. The van der Waals surface area contributed by atoms with Crippen LogP contribution in [0.15, 0.2) is 12.1 Å². The number of nitrogens with zero attached hydrogens (tertiary/aromatic N) is 1. The molecule has 2 aliphatic rings. The van der Waals surface area contributed by atoms with Gasteiger partial charge in [-0.15, -0.1) is 0 Å². The molecular formula is C20H30N2O3. The minimum atomic E-state index is -0.457. The number of ether oxygens (including phenoxy) is 2. The first-order valence-electron chi connectivity index (χ1n) is 9.40. The first-order chi connectivity index (χ1) is 11.9. The summed E-state index contributed by atoms with van der Waals surface area (Å²) in [5.74, 6) is 0.953. The quantitative estimate of drug-likeness (QED) is 0.879. The number of benzene rings is 1. The number of hydrogen-bond acceptors (Lipinski definition) is 4.